The molecule has 12 heteroatoms. The van der Waals surface area contributed by atoms with Crippen molar-refractivity contribution in [3.05, 3.63) is 70.3 Å². The van der Waals surface area contributed by atoms with E-state index in [-0.39, 0.29) is 13.1 Å². The lowest BCUT2D eigenvalue weighted by atomic mass is 10.0. The Balaban J connectivity index is 1.47. The van der Waals surface area contributed by atoms with E-state index in [0.29, 0.717) is 24.8 Å². The Bertz CT molecular complexity index is 1630. The summed E-state index contributed by atoms with van der Waals surface area (Å²) in [6.07, 6.45) is 4.71. The summed E-state index contributed by atoms with van der Waals surface area (Å²) in [5.41, 5.74) is 5.29. The van der Waals surface area contributed by atoms with Gasteiger partial charge in [-0.2, -0.15) is 13.1 Å². The first-order chi connectivity index (χ1) is 18.0. The van der Waals surface area contributed by atoms with Crippen molar-refractivity contribution in [1.29, 1.82) is 0 Å². The fraction of sp³-hybridized carbons (Fsp3) is 0.308. The highest BCUT2D eigenvalue weighted by Gasteiger charge is 2.44. The molecule has 1 aromatic carbocycles. The number of nitrogens with zero attached hydrogens (tertiary/aromatic N) is 5. The van der Waals surface area contributed by atoms with Gasteiger partial charge in [0.25, 0.3) is 10.0 Å². The van der Waals surface area contributed by atoms with Crippen LogP contribution in [0.2, 0.25) is 5.02 Å². The van der Waals surface area contributed by atoms with Crippen molar-refractivity contribution in [2.45, 2.75) is 31.9 Å². The highest BCUT2D eigenvalue weighted by Crippen LogP contribution is 2.35. The van der Waals surface area contributed by atoms with Crippen LogP contribution in [0.3, 0.4) is 0 Å². The van der Waals surface area contributed by atoms with Crippen molar-refractivity contribution in [2.75, 3.05) is 25.0 Å². The first-order valence-electron chi connectivity index (χ1n) is 12.0. The number of benzene rings is 1. The molecule has 0 bridgehead atoms. The number of fused-ring (bicyclic) bond motifs is 1. The minimum Gasteiger partial charge on any atom is -0.305 e. The van der Waals surface area contributed by atoms with E-state index in [2.05, 4.69) is 0 Å². The molecule has 0 amide bonds. The fourth-order valence-electron chi connectivity index (χ4n) is 4.48. The van der Waals surface area contributed by atoms with Crippen molar-refractivity contribution < 1.29 is 17.2 Å². The Morgan fingerprint density at radius 2 is 1.84 bits per heavy atom. The summed E-state index contributed by atoms with van der Waals surface area (Å²) < 4.78 is 54.3. The third-order valence-electron chi connectivity index (χ3n) is 6.57. The Morgan fingerprint density at radius 1 is 1.13 bits per heavy atom. The number of hydrogen-bond acceptors (Lipinski definition) is 6. The number of alkyl halides is 2. The predicted octanol–water partition coefficient (Wildman–Crippen LogP) is 6.47. The molecular weight excluding hydrogens is 552 g/mol. The lowest BCUT2D eigenvalue weighted by Crippen LogP contribution is -2.43. The molecule has 0 atom stereocenters. The molecule has 5 rings (SSSR count). The quantitative estimate of drug-likeness (QED) is 0.252. The van der Waals surface area contributed by atoms with E-state index < -0.39 is 15.3 Å². The third kappa shape index (κ3) is 4.84. The van der Waals surface area contributed by atoms with E-state index in [9.17, 15) is 17.2 Å². The van der Waals surface area contributed by atoms with E-state index in [1.165, 1.54) is 11.3 Å². The molecule has 0 unspecified atom stereocenters. The Hall–Kier alpha value is -2.86. The Kier molecular flexibility index (Phi) is 7.06. The molecule has 200 valence electrons. The normalized spacial score (nSPS) is 15.2. The number of aryl methyl sites for hydroxylation is 1. The number of hydrogen-bond donors (Lipinski definition) is 0. The van der Waals surface area contributed by atoms with Crippen molar-refractivity contribution in [2.24, 2.45) is 0 Å². The molecule has 0 saturated carbocycles. The minimum atomic E-state index is -4.69. The summed E-state index contributed by atoms with van der Waals surface area (Å²) in [5, 5.41) is -0.342. The van der Waals surface area contributed by atoms with E-state index >= 15 is 0 Å². The van der Waals surface area contributed by atoms with Crippen molar-refractivity contribution in [3.63, 3.8) is 0 Å². The van der Waals surface area contributed by atoms with Crippen LogP contribution in [0.4, 0.5) is 19.7 Å². The van der Waals surface area contributed by atoms with Crippen LogP contribution in [0.5, 0.6) is 0 Å². The lowest BCUT2D eigenvalue weighted by molar-refractivity contribution is 0.105. The molecule has 3 aromatic heterocycles. The minimum absolute atomic E-state index is 0.000870. The van der Waals surface area contributed by atoms with Gasteiger partial charge < -0.3 is 4.90 Å². The molecule has 7 nitrogen and oxygen atoms in total. The first-order valence-corrected chi connectivity index (χ1v) is 14.7. The molecule has 0 N–H and O–H groups in total. The van der Waals surface area contributed by atoms with E-state index in [1.54, 1.807) is 6.08 Å². The van der Waals surface area contributed by atoms with Gasteiger partial charge in [0.15, 0.2) is 5.13 Å². The molecule has 0 spiro atoms. The van der Waals surface area contributed by atoms with Crippen LogP contribution in [0.25, 0.3) is 22.5 Å². The highest BCUT2D eigenvalue weighted by molar-refractivity contribution is 7.90. The topological polar surface area (TPSA) is 70.8 Å². The number of sulfonamides is 1. The van der Waals surface area contributed by atoms with Gasteiger partial charge in [-0.3, -0.25) is 4.40 Å². The van der Waals surface area contributed by atoms with Gasteiger partial charge in [-0.05, 0) is 48.2 Å². The van der Waals surface area contributed by atoms with Gasteiger partial charge in [0.2, 0.25) is 0 Å². The number of thiazole rings is 1. The molecule has 0 aliphatic carbocycles. The summed E-state index contributed by atoms with van der Waals surface area (Å²) in [5.74, 6) is 0.882. The maximum absolute atomic E-state index is 13.6. The number of halogens is 3. The standard InChI is InChI=1S/C26H26ClF2N5O2S2/c1-4-21-24(32(3)25-31-22(16-37-25)18-5-8-20(27)9-6-18)34-15-19(7-10-23(34)30-21)17-11-13-33(14-12-17)38(35,36)26(2,28)29/h5-11,15-16H,4,12-14H2,1-3H3. The third-order valence-corrected chi connectivity index (χ3v) is 9.66. The van der Waals surface area contributed by atoms with Gasteiger partial charge in [0, 0.05) is 49.2 Å². The summed E-state index contributed by atoms with van der Waals surface area (Å²) in [6.45, 7) is 2.36. The molecule has 0 saturated heterocycles. The van der Waals surface area contributed by atoms with Crippen LogP contribution in [0.1, 0.15) is 31.5 Å². The van der Waals surface area contributed by atoms with Gasteiger partial charge >= 0.3 is 5.25 Å². The van der Waals surface area contributed by atoms with Crippen molar-refractivity contribution >= 4 is 55.1 Å². The number of anilines is 2. The average molecular weight is 578 g/mol. The highest BCUT2D eigenvalue weighted by atomic mass is 35.5. The van der Waals surface area contributed by atoms with Gasteiger partial charge in [-0.25, -0.2) is 18.4 Å². The molecular formula is C26H26ClF2N5O2S2. The largest absolute Gasteiger partial charge is 0.356 e. The maximum atomic E-state index is 13.6. The summed E-state index contributed by atoms with van der Waals surface area (Å²) >= 11 is 7.55. The van der Waals surface area contributed by atoms with Crippen LogP contribution in [0.15, 0.2) is 54.1 Å². The molecule has 1 aliphatic rings. The summed E-state index contributed by atoms with van der Waals surface area (Å²) in [4.78, 5) is 11.7. The smallest absolute Gasteiger partial charge is 0.305 e. The van der Waals surface area contributed by atoms with Gasteiger partial charge in [-0.1, -0.05) is 36.7 Å². The van der Waals surface area contributed by atoms with Gasteiger partial charge in [-0.15, -0.1) is 11.3 Å². The maximum Gasteiger partial charge on any atom is 0.356 e. The van der Waals surface area contributed by atoms with Gasteiger partial charge in [0.05, 0.1) is 11.4 Å². The Labute approximate surface area is 229 Å². The van der Waals surface area contributed by atoms with Crippen LogP contribution in [-0.4, -0.2) is 52.5 Å². The SMILES string of the molecule is CCc1nc2ccc(C3=CCN(S(=O)(=O)C(C)(F)F)CC3)cn2c1N(C)c1nc(-c2ccc(Cl)cc2)cs1. The van der Waals surface area contributed by atoms with Crippen molar-refractivity contribution in [3.8, 4) is 11.3 Å². The molecule has 4 aromatic rings. The number of imidazole rings is 1. The summed E-state index contributed by atoms with van der Waals surface area (Å²) in [6, 6.07) is 11.4. The number of aromatic nitrogens is 3. The second-order valence-electron chi connectivity index (χ2n) is 9.11. The first kappa shape index (κ1) is 26.7. The second kappa shape index (κ2) is 10.0. The van der Waals surface area contributed by atoms with E-state index in [1.807, 2.05) is 71.2 Å². The molecule has 0 fully saturated rings. The van der Waals surface area contributed by atoms with Crippen molar-refractivity contribution in [1.82, 2.24) is 18.7 Å². The number of rotatable bonds is 7. The molecule has 0 radical (unpaired) electrons. The fourth-order valence-corrected chi connectivity index (χ4v) is 6.47. The molecule has 4 heterocycles. The second-order valence-corrected chi connectivity index (χ2v) is 12.6. The monoisotopic (exact) mass is 577 g/mol. The zero-order valence-corrected chi connectivity index (χ0v) is 23.4. The number of pyridine rings is 1. The van der Waals surface area contributed by atoms with E-state index in [0.717, 1.165) is 49.0 Å². The van der Waals surface area contributed by atoms with E-state index in [4.69, 9.17) is 21.6 Å². The zero-order valence-electron chi connectivity index (χ0n) is 21.0. The predicted molar refractivity (Wildman–Crippen MR) is 149 cm³/mol. The lowest BCUT2D eigenvalue weighted by Gasteiger charge is -2.28. The van der Waals surface area contributed by atoms with Gasteiger partial charge in [0.1, 0.15) is 11.5 Å². The summed E-state index contributed by atoms with van der Waals surface area (Å²) in [7, 11) is -2.74. The van der Waals surface area contributed by atoms with Crippen LogP contribution >= 0.6 is 22.9 Å². The Morgan fingerprint density at radius 3 is 2.47 bits per heavy atom. The average Bonchev–Trinajstić information content (AvgIpc) is 3.53. The molecule has 38 heavy (non-hydrogen) atoms. The van der Waals surface area contributed by atoms with Crippen LogP contribution in [-0.2, 0) is 16.4 Å². The molecule has 1 aliphatic heterocycles. The zero-order chi connectivity index (χ0) is 27.2. The van der Waals surface area contributed by atoms with Crippen LogP contribution in [0, 0.1) is 0 Å². The van der Waals surface area contributed by atoms with Crippen LogP contribution < -0.4 is 4.90 Å².